The summed E-state index contributed by atoms with van der Waals surface area (Å²) >= 11 is 0. The Hall–Kier alpha value is -2.38. The fourth-order valence-electron chi connectivity index (χ4n) is 4.26. The summed E-state index contributed by atoms with van der Waals surface area (Å²) < 4.78 is 7.66. The normalized spacial score (nSPS) is 23.1. The maximum absolute atomic E-state index is 12.6. The third-order valence-corrected chi connectivity index (χ3v) is 5.98. The maximum Gasteiger partial charge on any atom is 0.260 e. The molecular formula is C22H30N4O3. The molecule has 2 aliphatic heterocycles. The molecule has 2 aliphatic rings. The van der Waals surface area contributed by atoms with Gasteiger partial charge in [0.1, 0.15) is 5.75 Å². The van der Waals surface area contributed by atoms with Gasteiger partial charge in [0, 0.05) is 32.0 Å². The Balaban J connectivity index is 1.26. The first-order chi connectivity index (χ1) is 14.2. The number of imidazole rings is 1. The molecule has 0 aliphatic carbocycles. The quantitative estimate of drug-likeness (QED) is 0.807. The Morgan fingerprint density at radius 3 is 2.59 bits per heavy atom. The molecule has 2 aromatic rings. The van der Waals surface area contributed by atoms with Crippen molar-refractivity contribution in [3.8, 4) is 5.75 Å². The van der Waals surface area contributed by atoms with Crippen LogP contribution in [0.3, 0.4) is 0 Å². The van der Waals surface area contributed by atoms with Gasteiger partial charge in [-0.05, 0) is 56.5 Å². The van der Waals surface area contributed by atoms with Crippen molar-refractivity contribution in [2.24, 2.45) is 0 Å². The second-order valence-corrected chi connectivity index (χ2v) is 8.02. The van der Waals surface area contributed by atoms with Crippen LogP contribution in [0.4, 0.5) is 0 Å². The number of aromatic nitrogens is 2. The van der Waals surface area contributed by atoms with E-state index in [2.05, 4.69) is 22.0 Å². The molecule has 29 heavy (non-hydrogen) atoms. The molecule has 1 N–H and O–H groups in total. The largest absolute Gasteiger partial charge is 0.484 e. The molecule has 4 rings (SSSR count). The average molecular weight is 399 g/mol. The molecule has 0 unspecified atom stereocenters. The van der Waals surface area contributed by atoms with Gasteiger partial charge in [-0.3, -0.25) is 9.69 Å². The molecule has 0 bridgehead atoms. The lowest BCUT2D eigenvalue weighted by atomic mass is 10.1. The van der Waals surface area contributed by atoms with Crippen molar-refractivity contribution in [3.63, 3.8) is 0 Å². The van der Waals surface area contributed by atoms with Crippen molar-refractivity contribution < 1.29 is 14.6 Å². The number of amides is 1. The van der Waals surface area contributed by atoms with Crippen molar-refractivity contribution in [2.75, 3.05) is 32.8 Å². The van der Waals surface area contributed by atoms with Crippen LogP contribution in [0.5, 0.6) is 5.75 Å². The van der Waals surface area contributed by atoms with Gasteiger partial charge in [-0.2, -0.15) is 0 Å². The number of hydrogen-bond acceptors (Lipinski definition) is 5. The summed E-state index contributed by atoms with van der Waals surface area (Å²) in [7, 11) is 0. The summed E-state index contributed by atoms with van der Waals surface area (Å²) in [6.45, 7) is 4.52. The van der Waals surface area contributed by atoms with Gasteiger partial charge in [0.15, 0.2) is 6.61 Å². The predicted molar refractivity (Wildman–Crippen MR) is 110 cm³/mol. The maximum atomic E-state index is 12.6. The lowest BCUT2D eigenvalue weighted by Crippen LogP contribution is -2.35. The highest BCUT2D eigenvalue weighted by Crippen LogP contribution is 2.23. The second kappa shape index (κ2) is 9.41. The first-order valence-electron chi connectivity index (χ1n) is 10.6. The first kappa shape index (κ1) is 19.9. The lowest BCUT2D eigenvalue weighted by Gasteiger charge is -2.21. The van der Waals surface area contributed by atoms with Crippen LogP contribution >= 0.6 is 0 Å². The SMILES string of the molecule is O=C(COc1ccc(CN2CCCC2)cc1)N1CC[C@H](O)[C@@H](n2ccnc2)CC1. The topological polar surface area (TPSA) is 70.8 Å². The first-order valence-corrected chi connectivity index (χ1v) is 10.6. The molecule has 1 aromatic carbocycles. The van der Waals surface area contributed by atoms with Crippen LogP contribution in [0.25, 0.3) is 0 Å². The van der Waals surface area contributed by atoms with E-state index in [4.69, 9.17) is 4.74 Å². The van der Waals surface area contributed by atoms with Gasteiger partial charge >= 0.3 is 0 Å². The highest BCUT2D eigenvalue weighted by atomic mass is 16.5. The fourth-order valence-corrected chi connectivity index (χ4v) is 4.26. The van der Waals surface area contributed by atoms with Crippen LogP contribution < -0.4 is 4.74 Å². The zero-order valence-corrected chi connectivity index (χ0v) is 16.8. The van der Waals surface area contributed by atoms with E-state index in [9.17, 15) is 9.90 Å². The van der Waals surface area contributed by atoms with Gasteiger partial charge in [-0.25, -0.2) is 4.98 Å². The molecular weight excluding hydrogens is 368 g/mol. The van der Waals surface area contributed by atoms with Crippen LogP contribution in [0.1, 0.15) is 37.3 Å². The van der Waals surface area contributed by atoms with E-state index >= 15 is 0 Å². The van der Waals surface area contributed by atoms with E-state index < -0.39 is 6.10 Å². The van der Waals surface area contributed by atoms with Gasteiger partial charge in [-0.15, -0.1) is 0 Å². The summed E-state index contributed by atoms with van der Waals surface area (Å²) in [5, 5.41) is 10.4. The zero-order valence-electron chi connectivity index (χ0n) is 16.8. The molecule has 2 saturated heterocycles. The van der Waals surface area contributed by atoms with Gasteiger partial charge in [0.25, 0.3) is 5.91 Å². The van der Waals surface area contributed by atoms with Gasteiger partial charge < -0.3 is 19.3 Å². The number of ether oxygens (including phenoxy) is 1. The predicted octanol–water partition coefficient (Wildman–Crippen LogP) is 2.08. The molecule has 1 aromatic heterocycles. The van der Waals surface area contributed by atoms with Crippen LogP contribution in [0.2, 0.25) is 0 Å². The minimum atomic E-state index is -0.480. The molecule has 0 spiro atoms. The van der Waals surface area contributed by atoms with Crippen molar-refractivity contribution in [1.29, 1.82) is 0 Å². The number of nitrogens with zero attached hydrogens (tertiary/aromatic N) is 4. The number of rotatable bonds is 6. The Morgan fingerprint density at radius 1 is 1.10 bits per heavy atom. The van der Waals surface area contributed by atoms with E-state index in [0.717, 1.165) is 12.3 Å². The number of aliphatic hydroxyl groups is 1. The molecule has 2 fully saturated rings. The number of benzene rings is 1. The van der Waals surface area contributed by atoms with Gasteiger partial charge in [-0.1, -0.05) is 12.1 Å². The second-order valence-electron chi connectivity index (χ2n) is 8.02. The third-order valence-electron chi connectivity index (χ3n) is 5.98. The number of hydrogen-bond donors (Lipinski definition) is 1. The van der Waals surface area contributed by atoms with Crippen molar-refractivity contribution >= 4 is 5.91 Å². The zero-order chi connectivity index (χ0) is 20.1. The number of likely N-dealkylation sites (tertiary alicyclic amines) is 2. The Bertz CT molecular complexity index is 772. The standard InChI is InChI=1S/C22H30N4O3/c27-21-8-13-25(12-7-20(21)26-14-9-23-17-26)22(28)16-29-19-5-3-18(4-6-19)15-24-10-1-2-11-24/h3-6,9,14,17,20-21,27H,1-2,7-8,10-13,15-16H2/t20-,21-/m0/s1. The van der Waals surface area contributed by atoms with Crippen molar-refractivity contribution in [2.45, 2.75) is 44.4 Å². The van der Waals surface area contributed by atoms with Crippen LogP contribution in [0, 0.1) is 0 Å². The molecule has 1 amide bonds. The minimum Gasteiger partial charge on any atom is -0.484 e. The third kappa shape index (κ3) is 5.16. The van der Waals surface area contributed by atoms with E-state index in [1.165, 1.54) is 31.5 Å². The molecule has 7 nitrogen and oxygen atoms in total. The van der Waals surface area contributed by atoms with E-state index in [1.54, 1.807) is 17.4 Å². The molecule has 7 heteroatoms. The Morgan fingerprint density at radius 2 is 1.86 bits per heavy atom. The number of carbonyl (C=O) groups excluding carboxylic acids is 1. The van der Waals surface area contributed by atoms with E-state index in [-0.39, 0.29) is 18.6 Å². The van der Waals surface area contributed by atoms with Crippen molar-refractivity contribution in [3.05, 3.63) is 48.5 Å². The summed E-state index contributed by atoms with van der Waals surface area (Å²) in [4.78, 5) is 20.9. The molecule has 0 radical (unpaired) electrons. The number of carbonyl (C=O) groups is 1. The van der Waals surface area contributed by atoms with Crippen LogP contribution in [-0.4, -0.2) is 69.3 Å². The summed E-state index contributed by atoms with van der Waals surface area (Å²) in [6, 6.07) is 8.01. The monoisotopic (exact) mass is 398 g/mol. The average Bonchev–Trinajstić information content (AvgIpc) is 3.41. The highest BCUT2D eigenvalue weighted by Gasteiger charge is 2.28. The summed E-state index contributed by atoms with van der Waals surface area (Å²) in [5.41, 5.74) is 1.28. The summed E-state index contributed by atoms with van der Waals surface area (Å²) in [6.07, 6.45) is 8.66. The minimum absolute atomic E-state index is 0.0251. The molecule has 0 saturated carbocycles. The molecule has 156 valence electrons. The highest BCUT2D eigenvalue weighted by molar-refractivity contribution is 5.77. The van der Waals surface area contributed by atoms with Gasteiger partial charge in [0.05, 0.1) is 18.5 Å². The Kier molecular flexibility index (Phi) is 6.46. The molecule has 2 atom stereocenters. The van der Waals surface area contributed by atoms with E-state index in [1.807, 2.05) is 22.9 Å². The van der Waals surface area contributed by atoms with Crippen LogP contribution in [-0.2, 0) is 11.3 Å². The number of aliphatic hydroxyl groups excluding tert-OH is 1. The van der Waals surface area contributed by atoms with Gasteiger partial charge in [0.2, 0.25) is 0 Å². The lowest BCUT2D eigenvalue weighted by molar-refractivity contribution is -0.133. The van der Waals surface area contributed by atoms with Crippen molar-refractivity contribution in [1.82, 2.24) is 19.4 Å². The van der Waals surface area contributed by atoms with Crippen LogP contribution in [0.15, 0.2) is 43.0 Å². The fraction of sp³-hybridized carbons (Fsp3) is 0.545. The smallest absolute Gasteiger partial charge is 0.260 e. The van der Waals surface area contributed by atoms with E-state index in [0.29, 0.717) is 25.9 Å². The summed E-state index contributed by atoms with van der Waals surface area (Å²) in [5.74, 6) is 0.680. The molecule has 3 heterocycles. The Labute approximate surface area is 171 Å².